The lowest BCUT2D eigenvalue weighted by molar-refractivity contribution is -0.139. The molecule has 0 saturated heterocycles. The van der Waals surface area contributed by atoms with Crippen molar-refractivity contribution in [2.45, 2.75) is 19.1 Å². The Bertz CT molecular complexity index is 981. The van der Waals surface area contributed by atoms with Crippen molar-refractivity contribution in [2.24, 2.45) is 4.99 Å². The number of nitrogens with one attached hydrogen (secondary N) is 3. The first-order valence-electron chi connectivity index (χ1n) is 10.6. The van der Waals surface area contributed by atoms with E-state index in [0.717, 1.165) is 29.5 Å². The minimum Gasteiger partial charge on any atom is -0.480 e. The molecule has 1 aliphatic rings. The van der Waals surface area contributed by atoms with Crippen molar-refractivity contribution in [3.05, 3.63) is 42.0 Å². The Morgan fingerprint density at radius 3 is 2.85 bits per heavy atom. The van der Waals surface area contributed by atoms with Crippen molar-refractivity contribution < 1.29 is 33.5 Å². The molecule has 13 heteroatoms. The topological polar surface area (TPSA) is 168 Å². The Hall–Kier alpha value is -4.29. The molecule has 3 rings (SSSR count). The van der Waals surface area contributed by atoms with E-state index in [-0.39, 0.29) is 18.4 Å². The van der Waals surface area contributed by atoms with Crippen LogP contribution in [0.5, 0.6) is 5.88 Å². The van der Waals surface area contributed by atoms with Crippen LogP contribution in [-0.4, -0.2) is 73.5 Å². The molecular weight excluding hydrogens is 448 g/mol. The minimum absolute atomic E-state index is 0.0284. The van der Waals surface area contributed by atoms with Gasteiger partial charge in [-0.1, -0.05) is 30.3 Å². The molecule has 0 aliphatic carbocycles. The molecule has 4 N–H and O–H groups in total. The normalized spacial score (nSPS) is 13.2. The maximum atomic E-state index is 12.0. The van der Waals surface area contributed by atoms with Gasteiger partial charge in [0, 0.05) is 13.1 Å². The highest BCUT2D eigenvalue weighted by atomic mass is 16.6. The minimum atomic E-state index is -1.44. The van der Waals surface area contributed by atoms with E-state index < -0.39 is 24.6 Å². The fraction of sp³-hybridized carbons (Fsp3) is 0.381. The van der Waals surface area contributed by atoms with Crippen LogP contribution in [0, 0.1) is 0 Å². The van der Waals surface area contributed by atoms with Gasteiger partial charge in [0.2, 0.25) is 12.3 Å². The number of hydrogen-bond donors (Lipinski definition) is 4. The Kier molecular flexibility index (Phi) is 9.08. The zero-order chi connectivity index (χ0) is 24.2. The fourth-order valence-corrected chi connectivity index (χ4v) is 2.90. The predicted octanol–water partition coefficient (Wildman–Crippen LogP) is 0.335. The lowest BCUT2D eigenvalue weighted by atomic mass is 10.2. The second-order valence-corrected chi connectivity index (χ2v) is 7.14. The summed E-state index contributed by atoms with van der Waals surface area (Å²) in [5.74, 6) is -0.483. The van der Waals surface area contributed by atoms with Gasteiger partial charge in [-0.05, 0) is 17.1 Å². The Balaban J connectivity index is 1.44. The molecule has 182 valence electrons. The molecule has 2 heterocycles. The van der Waals surface area contributed by atoms with Crippen molar-refractivity contribution in [3.8, 4) is 5.88 Å². The smallest absolute Gasteiger partial charge is 0.408 e. The second kappa shape index (κ2) is 12.7. The molecule has 0 fully saturated rings. The molecule has 2 amide bonds. The van der Waals surface area contributed by atoms with Crippen LogP contribution in [-0.2, 0) is 20.9 Å². The molecule has 0 saturated carbocycles. The number of aromatic nitrogens is 1. The number of alkyl carbamates (subject to hydrolysis) is 1. The Morgan fingerprint density at radius 1 is 1.32 bits per heavy atom. The summed E-state index contributed by atoms with van der Waals surface area (Å²) >= 11 is 0. The summed E-state index contributed by atoms with van der Waals surface area (Å²) in [7, 11) is 0. The number of guanidine groups is 1. The maximum absolute atomic E-state index is 12.0. The van der Waals surface area contributed by atoms with Gasteiger partial charge in [-0.15, -0.1) is 0 Å². The van der Waals surface area contributed by atoms with Gasteiger partial charge in [-0.2, -0.15) is 0 Å². The van der Waals surface area contributed by atoms with Crippen molar-refractivity contribution in [1.29, 1.82) is 0 Å². The summed E-state index contributed by atoms with van der Waals surface area (Å²) in [6.07, 6.45) is 0.100. The molecule has 0 spiro atoms. The van der Waals surface area contributed by atoms with Crippen LogP contribution in [0.4, 0.5) is 10.7 Å². The molecule has 1 aromatic heterocycles. The summed E-state index contributed by atoms with van der Waals surface area (Å²) in [5.41, 5.74) is 0.743. The van der Waals surface area contributed by atoms with Crippen molar-refractivity contribution in [3.63, 3.8) is 0 Å². The van der Waals surface area contributed by atoms with Crippen LogP contribution in [0.2, 0.25) is 0 Å². The number of hydrogen-bond acceptors (Lipinski definition) is 10. The first-order valence-corrected chi connectivity index (χ1v) is 10.6. The highest BCUT2D eigenvalue weighted by molar-refractivity contribution is 5.83. The number of carboxylic acid groups (broad SMARTS) is 1. The van der Waals surface area contributed by atoms with Gasteiger partial charge in [0.1, 0.15) is 12.6 Å². The number of aliphatic carboxylic acids is 1. The van der Waals surface area contributed by atoms with Crippen molar-refractivity contribution in [1.82, 2.24) is 21.1 Å². The first kappa shape index (κ1) is 24.4. The third-order valence-electron chi connectivity index (χ3n) is 4.61. The maximum Gasteiger partial charge on any atom is 0.408 e. The number of benzene rings is 1. The molecule has 0 radical (unpaired) electrons. The summed E-state index contributed by atoms with van der Waals surface area (Å²) in [4.78, 5) is 40.3. The summed E-state index contributed by atoms with van der Waals surface area (Å²) < 4.78 is 15.6. The fourth-order valence-electron chi connectivity index (χ4n) is 2.90. The third-order valence-corrected chi connectivity index (χ3v) is 4.61. The van der Waals surface area contributed by atoms with E-state index in [1.807, 2.05) is 6.07 Å². The molecule has 2 aromatic rings. The van der Waals surface area contributed by atoms with E-state index in [9.17, 15) is 19.5 Å². The van der Waals surface area contributed by atoms with Gasteiger partial charge >= 0.3 is 12.1 Å². The summed E-state index contributed by atoms with van der Waals surface area (Å²) in [6, 6.07) is 8.83. The number of ether oxygens (including phenoxy) is 2. The molecule has 1 aromatic carbocycles. The van der Waals surface area contributed by atoms with Gasteiger partial charge in [0.25, 0.3) is 5.88 Å². The average Bonchev–Trinajstić information content (AvgIpc) is 3.53. The van der Waals surface area contributed by atoms with E-state index in [2.05, 4.69) is 26.1 Å². The number of carbonyl (C=O) groups is 3. The molecule has 0 bridgehead atoms. The number of nitrogens with zero attached hydrogens (tertiary/aromatic N) is 3. The van der Waals surface area contributed by atoms with Gasteiger partial charge in [0.05, 0.1) is 25.8 Å². The summed E-state index contributed by atoms with van der Waals surface area (Å²) in [5, 5.41) is 21.6. The number of anilines is 1. The van der Waals surface area contributed by atoms with Crippen molar-refractivity contribution >= 4 is 30.3 Å². The molecule has 1 aliphatic heterocycles. The van der Waals surface area contributed by atoms with Gasteiger partial charge < -0.3 is 35.1 Å². The van der Waals surface area contributed by atoms with Crippen LogP contribution >= 0.6 is 0 Å². The SMILES string of the molecule is O=CN(CC(NC(=O)OCc1ccccc1)C(=O)O)c1cc(OCCCNC2=NCCN2)no1. The molecule has 13 nitrogen and oxygen atoms in total. The third kappa shape index (κ3) is 7.69. The van der Waals surface area contributed by atoms with Crippen LogP contribution in [0.1, 0.15) is 12.0 Å². The molecular formula is C21H26N6O7. The Morgan fingerprint density at radius 2 is 2.15 bits per heavy atom. The van der Waals surface area contributed by atoms with Crippen LogP contribution in [0.25, 0.3) is 0 Å². The van der Waals surface area contributed by atoms with Gasteiger partial charge in [0.15, 0.2) is 5.96 Å². The zero-order valence-corrected chi connectivity index (χ0v) is 18.3. The zero-order valence-electron chi connectivity index (χ0n) is 18.3. The lowest BCUT2D eigenvalue weighted by Gasteiger charge is -2.19. The average molecular weight is 474 g/mol. The molecule has 34 heavy (non-hydrogen) atoms. The van der Waals surface area contributed by atoms with E-state index in [4.69, 9.17) is 14.0 Å². The van der Waals surface area contributed by atoms with E-state index in [0.29, 0.717) is 26.0 Å². The van der Waals surface area contributed by atoms with Gasteiger partial charge in [-0.3, -0.25) is 14.7 Å². The molecule has 1 atom stereocenters. The van der Waals surface area contributed by atoms with E-state index in [1.165, 1.54) is 6.07 Å². The second-order valence-electron chi connectivity index (χ2n) is 7.14. The largest absolute Gasteiger partial charge is 0.480 e. The monoisotopic (exact) mass is 474 g/mol. The predicted molar refractivity (Wildman–Crippen MR) is 120 cm³/mol. The molecule has 1 unspecified atom stereocenters. The Labute approximate surface area is 195 Å². The van der Waals surface area contributed by atoms with Crippen LogP contribution in [0.3, 0.4) is 0 Å². The lowest BCUT2D eigenvalue weighted by Crippen LogP contribution is -2.48. The van der Waals surface area contributed by atoms with Gasteiger partial charge in [-0.25, -0.2) is 9.59 Å². The first-order chi connectivity index (χ1) is 16.5. The number of carboxylic acids is 1. The standard InChI is InChI=1S/C21H26N6O7/c28-14-27(12-16(19(29)30)25-21(31)33-13-15-5-2-1-3-6-15)18-11-17(26-34-18)32-10-4-7-22-20-23-8-9-24-20/h1-3,5-6,11,14,16H,4,7-10,12-13H2,(H,25,31)(H,29,30)(H2,22,23,24). The number of rotatable bonds is 13. The number of amides is 2. The summed E-state index contributed by atoms with van der Waals surface area (Å²) in [6.45, 7) is 2.11. The quantitative estimate of drug-likeness (QED) is 0.235. The van der Waals surface area contributed by atoms with Crippen LogP contribution in [0.15, 0.2) is 45.9 Å². The van der Waals surface area contributed by atoms with E-state index >= 15 is 0 Å². The highest BCUT2D eigenvalue weighted by Gasteiger charge is 2.26. The number of carbonyl (C=O) groups excluding carboxylic acids is 2. The van der Waals surface area contributed by atoms with E-state index in [1.54, 1.807) is 24.3 Å². The van der Waals surface area contributed by atoms with Crippen LogP contribution < -0.4 is 25.6 Å². The van der Waals surface area contributed by atoms with Crippen molar-refractivity contribution in [2.75, 3.05) is 37.7 Å². The number of aliphatic imine (C=N–C) groups is 1. The highest BCUT2D eigenvalue weighted by Crippen LogP contribution is 2.20.